The molecular formula is C24H27N3O4S2. The van der Waals surface area contributed by atoms with Crippen molar-refractivity contribution in [2.45, 2.75) is 49.2 Å². The van der Waals surface area contributed by atoms with Gasteiger partial charge in [0.15, 0.2) is 15.0 Å². The summed E-state index contributed by atoms with van der Waals surface area (Å²) in [7, 11) is -3.62. The van der Waals surface area contributed by atoms with Crippen LogP contribution in [-0.2, 0) is 22.7 Å². The molecule has 0 unspecified atom stereocenters. The van der Waals surface area contributed by atoms with Gasteiger partial charge in [-0.15, -0.1) is 11.3 Å². The van der Waals surface area contributed by atoms with Crippen LogP contribution in [0.3, 0.4) is 0 Å². The number of aryl methyl sites for hydroxylation is 1. The first-order valence-electron chi connectivity index (χ1n) is 11.1. The normalized spacial score (nSPS) is 15.0. The van der Waals surface area contributed by atoms with Gasteiger partial charge in [0.1, 0.15) is 0 Å². The number of nitro groups is 1. The van der Waals surface area contributed by atoms with Gasteiger partial charge in [-0.2, -0.15) is 0 Å². The van der Waals surface area contributed by atoms with Crippen LogP contribution >= 0.6 is 11.3 Å². The van der Waals surface area contributed by atoms with Crippen molar-refractivity contribution >= 4 is 32.0 Å². The Bertz CT molecular complexity index is 1210. The zero-order chi connectivity index (χ0) is 23.4. The molecule has 0 N–H and O–H groups in total. The minimum atomic E-state index is -3.62. The van der Waals surface area contributed by atoms with E-state index in [1.54, 1.807) is 11.3 Å². The van der Waals surface area contributed by atoms with E-state index < -0.39 is 20.0 Å². The second kappa shape index (κ2) is 10.0. The minimum absolute atomic E-state index is 0.0247. The van der Waals surface area contributed by atoms with Crippen LogP contribution in [0.15, 0.2) is 58.8 Å². The Hall–Kier alpha value is -2.78. The third-order valence-corrected chi connectivity index (χ3v) is 9.21. The zero-order valence-corrected chi connectivity index (χ0v) is 20.1. The molecule has 174 valence electrons. The van der Waals surface area contributed by atoms with Crippen LogP contribution in [0, 0.1) is 10.1 Å². The molecule has 1 aliphatic heterocycles. The molecule has 3 aromatic rings. The van der Waals surface area contributed by atoms with E-state index in [0.717, 1.165) is 36.2 Å². The number of thiazole rings is 1. The maximum absolute atomic E-state index is 13.0. The SMILES string of the molecule is CCCc1ccc(Cc2csc(N3CCC(S(=O)(=O)c4cccc([N+](=O)[O-])c4)CC3)n2)cc1. The maximum Gasteiger partial charge on any atom is 0.270 e. The summed E-state index contributed by atoms with van der Waals surface area (Å²) in [6.07, 6.45) is 3.95. The third-order valence-electron chi connectivity index (χ3n) is 5.99. The molecular weight excluding hydrogens is 458 g/mol. The molecule has 1 fully saturated rings. The lowest BCUT2D eigenvalue weighted by molar-refractivity contribution is -0.385. The highest BCUT2D eigenvalue weighted by atomic mass is 32.2. The molecule has 0 amide bonds. The van der Waals surface area contributed by atoms with Crippen LogP contribution in [0.25, 0.3) is 0 Å². The molecule has 0 saturated carbocycles. The number of nitro benzene ring substituents is 1. The molecule has 0 spiro atoms. The van der Waals surface area contributed by atoms with Crippen molar-refractivity contribution in [2.24, 2.45) is 0 Å². The Morgan fingerprint density at radius 2 is 1.82 bits per heavy atom. The monoisotopic (exact) mass is 485 g/mol. The first-order valence-corrected chi connectivity index (χ1v) is 13.5. The molecule has 0 bridgehead atoms. The lowest BCUT2D eigenvalue weighted by Gasteiger charge is -2.31. The van der Waals surface area contributed by atoms with Crippen LogP contribution < -0.4 is 4.90 Å². The van der Waals surface area contributed by atoms with Crippen LogP contribution in [0.2, 0.25) is 0 Å². The Balaban J connectivity index is 1.38. The van der Waals surface area contributed by atoms with Gasteiger partial charge in [0.2, 0.25) is 0 Å². The summed E-state index contributed by atoms with van der Waals surface area (Å²) in [5, 5.41) is 13.5. The molecule has 1 aromatic heterocycles. The molecule has 2 heterocycles. The van der Waals surface area contributed by atoms with Crippen molar-refractivity contribution in [1.29, 1.82) is 0 Å². The van der Waals surface area contributed by atoms with Crippen molar-refractivity contribution < 1.29 is 13.3 Å². The molecule has 1 aliphatic rings. The van der Waals surface area contributed by atoms with Crippen LogP contribution in [0.4, 0.5) is 10.8 Å². The quantitative estimate of drug-likeness (QED) is 0.328. The molecule has 1 saturated heterocycles. The predicted molar refractivity (Wildman–Crippen MR) is 131 cm³/mol. The van der Waals surface area contributed by atoms with Crippen molar-refractivity contribution in [2.75, 3.05) is 18.0 Å². The molecule has 2 aromatic carbocycles. The Labute approximate surface area is 198 Å². The fourth-order valence-electron chi connectivity index (χ4n) is 4.17. The number of nitrogens with zero attached hydrogens (tertiary/aromatic N) is 3. The summed E-state index contributed by atoms with van der Waals surface area (Å²) in [6.45, 7) is 3.37. The Kier molecular flexibility index (Phi) is 7.09. The van der Waals surface area contributed by atoms with E-state index in [9.17, 15) is 18.5 Å². The molecule has 4 rings (SSSR count). The van der Waals surface area contributed by atoms with Crippen molar-refractivity contribution in [3.8, 4) is 0 Å². The van der Waals surface area contributed by atoms with E-state index in [1.165, 1.54) is 29.3 Å². The number of anilines is 1. The van der Waals surface area contributed by atoms with E-state index in [2.05, 4.69) is 41.5 Å². The van der Waals surface area contributed by atoms with Gasteiger partial charge in [0.05, 0.1) is 20.8 Å². The van der Waals surface area contributed by atoms with Gasteiger partial charge in [-0.05, 0) is 36.5 Å². The largest absolute Gasteiger partial charge is 0.348 e. The number of hydrogen-bond acceptors (Lipinski definition) is 7. The van der Waals surface area contributed by atoms with Crippen LogP contribution in [-0.4, -0.2) is 36.7 Å². The average Bonchev–Trinajstić information content (AvgIpc) is 3.29. The van der Waals surface area contributed by atoms with Gasteiger partial charge in [-0.25, -0.2) is 13.4 Å². The van der Waals surface area contributed by atoms with E-state index in [0.29, 0.717) is 25.9 Å². The predicted octanol–water partition coefficient (Wildman–Crippen LogP) is 5.04. The maximum atomic E-state index is 13.0. The molecule has 7 nitrogen and oxygen atoms in total. The van der Waals surface area contributed by atoms with Crippen LogP contribution in [0.1, 0.15) is 43.0 Å². The summed E-state index contributed by atoms with van der Waals surface area (Å²) in [6, 6.07) is 14.0. The summed E-state index contributed by atoms with van der Waals surface area (Å²) in [5.41, 5.74) is 3.39. The summed E-state index contributed by atoms with van der Waals surface area (Å²) < 4.78 is 26.0. The number of sulfone groups is 1. The van der Waals surface area contributed by atoms with Crippen molar-refractivity contribution in [3.63, 3.8) is 0 Å². The van der Waals surface area contributed by atoms with Gasteiger partial charge in [-0.1, -0.05) is 43.7 Å². The van der Waals surface area contributed by atoms with Gasteiger partial charge in [0.25, 0.3) is 5.69 Å². The highest BCUT2D eigenvalue weighted by molar-refractivity contribution is 7.92. The highest BCUT2D eigenvalue weighted by Gasteiger charge is 2.32. The fraction of sp³-hybridized carbons (Fsp3) is 0.375. The molecule has 0 atom stereocenters. The van der Waals surface area contributed by atoms with E-state index in [4.69, 9.17) is 4.98 Å². The average molecular weight is 486 g/mol. The second-order valence-electron chi connectivity index (χ2n) is 8.35. The van der Waals surface area contributed by atoms with Gasteiger partial charge < -0.3 is 4.90 Å². The standard InChI is InChI=1S/C24H27N3O4S2/c1-2-4-18-7-9-19(10-8-18)15-20-17-32-24(25-20)26-13-11-22(12-14-26)33(30,31)23-6-3-5-21(16-23)27(28)29/h3,5-10,16-17,22H,2,4,11-15H2,1H3. The molecule has 0 radical (unpaired) electrons. The van der Waals surface area contributed by atoms with Gasteiger partial charge in [0, 0.05) is 37.0 Å². The summed E-state index contributed by atoms with van der Waals surface area (Å²) in [5.74, 6) is 0. The topological polar surface area (TPSA) is 93.4 Å². The first kappa shape index (κ1) is 23.4. The lowest BCUT2D eigenvalue weighted by atomic mass is 10.1. The van der Waals surface area contributed by atoms with Crippen molar-refractivity contribution in [3.05, 3.63) is 80.8 Å². The molecule has 9 heteroatoms. The number of benzene rings is 2. The smallest absolute Gasteiger partial charge is 0.270 e. The second-order valence-corrected chi connectivity index (χ2v) is 11.4. The Morgan fingerprint density at radius 3 is 2.48 bits per heavy atom. The number of piperidine rings is 1. The third kappa shape index (κ3) is 5.42. The highest BCUT2D eigenvalue weighted by Crippen LogP contribution is 2.30. The molecule has 33 heavy (non-hydrogen) atoms. The number of rotatable bonds is 8. The van der Waals surface area contributed by atoms with E-state index >= 15 is 0 Å². The molecule has 0 aliphatic carbocycles. The number of aromatic nitrogens is 1. The van der Waals surface area contributed by atoms with Crippen molar-refractivity contribution in [1.82, 2.24) is 4.98 Å². The lowest BCUT2D eigenvalue weighted by Crippen LogP contribution is -2.39. The van der Waals surface area contributed by atoms with E-state index in [-0.39, 0.29) is 10.6 Å². The minimum Gasteiger partial charge on any atom is -0.348 e. The number of hydrogen-bond donors (Lipinski definition) is 0. The van der Waals surface area contributed by atoms with Gasteiger partial charge in [-0.3, -0.25) is 10.1 Å². The first-order chi connectivity index (χ1) is 15.9. The fourth-order valence-corrected chi connectivity index (χ4v) is 6.82. The summed E-state index contributed by atoms with van der Waals surface area (Å²) >= 11 is 1.59. The Morgan fingerprint density at radius 1 is 1.12 bits per heavy atom. The van der Waals surface area contributed by atoms with Gasteiger partial charge >= 0.3 is 0 Å². The van der Waals surface area contributed by atoms with Crippen LogP contribution in [0.5, 0.6) is 0 Å². The number of non-ortho nitro benzene ring substituents is 1. The summed E-state index contributed by atoms with van der Waals surface area (Å²) in [4.78, 5) is 17.4. The van der Waals surface area contributed by atoms with E-state index in [1.807, 2.05) is 0 Å². The zero-order valence-electron chi connectivity index (χ0n) is 18.5.